The van der Waals surface area contributed by atoms with Gasteiger partial charge in [-0.05, 0) is 68.7 Å². The van der Waals surface area contributed by atoms with Crippen LogP contribution in [0.1, 0.15) is 50.1 Å². The lowest BCUT2D eigenvalue weighted by molar-refractivity contribution is -0.129. The molecule has 350 valence electrons. The minimum Gasteiger partial charge on any atom is -0.353 e. The second-order valence-corrected chi connectivity index (χ2v) is 21.4. The number of halogens is 2. The second kappa shape index (κ2) is 23.0. The number of rotatable bonds is 19. The van der Waals surface area contributed by atoms with Gasteiger partial charge in [0.25, 0.3) is 0 Å². The van der Waals surface area contributed by atoms with Gasteiger partial charge in [0, 0.05) is 57.6 Å². The number of nitrogens with one attached hydrogen (secondary N) is 8. The first-order valence-electron chi connectivity index (χ1n) is 21.5. The molecule has 15 nitrogen and oxygen atoms in total. The molecule has 0 bridgehead atoms. The molecule has 6 amide bonds. The van der Waals surface area contributed by atoms with Crippen LogP contribution < -0.4 is 42.5 Å². The molecule has 3 aromatic carbocycles. The number of carbonyl (C=O) groups is 6. The number of pyridine rings is 1. The van der Waals surface area contributed by atoms with Crippen molar-refractivity contribution in [3.05, 3.63) is 136 Å². The molecular weight excluding hydrogens is 922 g/mol. The molecule has 8 N–H and O–H groups in total. The van der Waals surface area contributed by atoms with E-state index in [1.165, 1.54) is 23.5 Å². The number of amides is 6. The minimum atomic E-state index is -1.09. The molecule has 66 heavy (non-hydrogen) atoms. The third-order valence-corrected chi connectivity index (χ3v) is 14.6. The van der Waals surface area contributed by atoms with Crippen molar-refractivity contribution in [3.8, 4) is 0 Å². The summed E-state index contributed by atoms with van der Waals surface area (Å²) >= 11 is 15.2. The highest BCUT2D eigenvalue weighted by Gasteiger charge is 2.50. The zero-order valence-corrected chi connectivity index (χ0v) is 40.1. The normalized spacial score (nSPS) is 20.3. The second-order valence-electron chi connectivity index (χ2n) is 17.0. The van der Waals surface area contributed by atoms with Crippen molar-refractivity contribution in [2.24, 2.45) is 0 Å². The fourth-order valence-corrected chi connectivity index (χ4v) is 11.1. The van der Waals surface area contributed by atoms with Gasteiger partial charge in [-0.3, -0.25) is 44.4 Å². The van der Waals surface area contributed by atoms with E-state index >= 15 is 0 Å². The van der Waals surface area contributed by atoms with E-state index < -0.39 is 62.1 Å². The number of hydrogen-bond donors (Lipinski definition) is 8. The van der Waals surface area contributed by atoms with Gasteiger partial charge in [0.2, 0.25) is 35.4 Å². The molecule has 0 spiro atoms. The van der Waals surface area contributed by atoms with Crippen LogP contribution in [0.2, 0.25) is 10.0 Å². The van der Waals surface area contributed by atoms with E-state index in [0.717, 1.165) is 11.1 Å². The summed E-state index contributed by atoms with van der Waals surface area (Å²) in [4.78, 5) is 85.9. The molecule has 2 fully saturated rings. The molecule has 2 aliphatic rings. The molecule has 0 radical (unpaired) electrons. The van der Waals surface area contributed by atoms with E-state index in [2.05, 4.69) is 47.5 Å². The summed E-state index contributed by atoms with van der Waals surface area (Å²) in [7, 11) is 0. The minimum absolute atomic E-state index is 0.0626. The van der Waals surface area contributed by atoms with Gasteiger partial charge in [-0.2, -0.15) is 0 Å². The van der Waals surface area contributed by atoms with Crippen molar-refractivity contribution in [1.82, 2.24) is 47.5 Å². The number of thioether (sulfide) groups is 2. The number of aromatic nitrogens is 1. The van der Waals surface area contributed by atoms with Crippen molar-refractivity contribution in [3.63, 3.8) is 0 Å². The first-order valence-corrected chi connectivity index (χ1v) is 24.0. The van der Waals surface area contributed by atoms with E-state index in [-0.39, 0.29) is 56.7 Å². The average Bonchev–Trinajstić information content (AvgIpc) is 3.79. The molecule has 1 aromatic heterocycles. The van der Waals surface area contributed by atoms with Crippen molar-refractivity contribution in [2.45, 2.75) is 98.0 Å². The standard InChI is InChI=1S/C47H55Cl2N9O6S2/c1-46(2)38(57-44(65-46)36(40(61)53-26-29-15-9-6-10-16-29)55-34(59)23-28-13-7-5-8-14-28)42(63)51-21-22-52-43(64)39-47(3,4)66-45(58-39)37(56-35(60)25-32-17-11-12-20-50-32)41(62)54-27-30-18-19-31(48)24-33(30)49/h5-20,24,36-39,44-45,57-58H,21-23,25-27H2,1-4H3,(H,51,63)(H,52,64)(H,53,61)(H,54,62)(H,55,59)(H,56,60)/t36?,37?,38-,39-,44+,45+/m0/s1. The Balaban J connectivity index is 1.05. The van der Waals surface area contributed by atoms with Crippen LogP contribution in [-0.4, -0.2) is 97.9 Å². The summed E-state index contributed by atoms with van der Waals surface area (Å²) in [6.45, 7) is 8.04. The van der Waals surface area contributed by atoms with E-state index in [9.17, 15) is 28.8 Å². The Bertz CT molecular complexity index is 2350. The van der Waals surface area contributed by atoms with Crippen molar-refractivity contribution < 1.29 is 28.8 Å². The fourth-order valence-electron chi connectivity index (χ4n) is 7.58. The number of hydrogen-bond acceptors (Lipinski definition) is 11. The summed E-state index contributed by atoms with van der Waals surface area (Å²) in [5.74, 6) is -2.34. The Kier molecular flexibility index (Phi) is 17.5. The molecule has 19 heteroatoms. The Labute approximate surface area is 403 Å². The van der Waals surface area contributed by atoms with Gasteiger partial charge in [0.1, 0.15) is 24.2 Å². The first-order chi connectivity index (χ1) is 31.5. The molecule has 0 saturated carbocycles. The SMILES string of the molecule is CC1(C)S[C@H](C(NC(=O)Cc2ccccc2)C(=O)NCc2ccccc2)N[C@H]1C(=O)NCCNC(=O)[C@@H]1N[C@@H](C(NC(=O)Cc2ccccn2)C(=O)NCc2ccc(Cl)cc2Cl)SC1(C)C. The highest BCUT2D eigenvalue weighted by molar-refractivity contribution is 8.01. The van der Waals surface area contributed by atoms with Gasteiger partial charge in [0.15, 0.2) is 0 Å². The van der Waals surface area contributed by atoms with Crippen LogP contribution >= 0.6 is 46.7 Å². The lowest BCUT2D eigenvalue weighted by Gasteiger charge is -2.25. The van der Waals surface area contributed by atoms with Crippen LogP contribution in [0.5, 0.6) is 0 Å². The van der Waals surface area contributed by atoms with Crippen LogP contribution in [0, 0.1) is 0 Å². The molecular formula is C47H55Cl2N9O6S2. The van der Waals surface area contributed by atoms with Crippen molar-refractivity contribution in [1.29, 1.82) is 0 Å². The maximum absolute atomic E-state index is 13.8. The lowest BCUT2D eigenvalue weighted by atomic mass is 10.0. The Morgan fingerprint density at radius 1 is 0.621 bits per heavy atom. The summed E-state index contributed by atoms with van der Waals surface area (Å²) < 4.78 is -1.42. The van der Waals surface area contributed by atoms with E-state index in [0.29, 0.717) is 21.3 Å². The predicted molar refractivity (Wildman–Crippen MR) is 259 cm³/mol. The summed E-state index contributed by atoms with van der Waals surface area (Å²) in [5.41, 5.74) is 2.85. The number of carbonyl (C=O) groups excluding carboxylic acids is 6. The third kappa shape index (κ3) is 13.9. The van der Waals surface area contributed by atoms with Crippen molar-refractivity contribution >= 4 is 82.2 Å². The topological polar surface area (TPSA) is 212 Å². The average molecular weight is 977 g/mol. The highest BCUT2D eigenvalue weighted by atomic mass is 35.5. The van der Waals surface area contributed by atoms with E-state index in [4.69, 9.17) is 23.2 Å². The zero-order chi connectivity index (χ0) is 47.4. The monoisotopic (exact) mass is 975 g/mol. The highest BCUT2D eigenvalue weighted by Crippen LogP contribution is 2.40. The maximum atomic E-state index is 13.8. The Hall–Kier alpha value is -5.17. The Morgan fingerprint density at radius 3 is 1.64 bits per heavy atom. The molecule has 0 aliphatic carbocycles. The van der Waals surface area contributed by atoms with Gasteiger partial charge in [-0.1, -0.05) is 96.0 Å². The first kappa shape index (κ1) is 50.2. The van der Waals surface area contributed by atoms with Gasteiger partial charge < -0.3 is 31.9 Å². The lowest BCUT2D eigenvalue weighted by Crippen LogP contribution is -2.59. The van der Waals surface area contributed by atoms with Gasteiger partial charge in [-0.15, -0.1) is 23.5 Å². The number of benzene rings is 3. The summed E-state index contributed by atoms with van der Waals surface area (Å²) in [6.07, 6.45) is 1.60. The van der Waals surface area contributed by atoms with Gasteiger partial charge in [0.05, 0.1) is 23.6 Å². The van der Waals surface area contributed by atoms with Crippen LogP contribution in [-0.2, 0) is 54.7 Å². The van der Waals surface area contributed by atoms with Gasteiger partial charge in [-0.25, -0.2) is 0 Å². The fraction of sp³-hybridized carbons (Fsp3) is 0.383. The number of nitrogens with zero attached hydrogens (tertiary/aromatic N) is 1. The Morgan fingerprint density at radius 2 is 1.12 bits per heavy atom. The molecule has 2 aliphatic heterocycles. The smallest absolute Gasteiger partial charge is 0.245 e. The molecule has 6 atom stereocenters. The summed E-state index contributed by atoms with van der Waals surface area (Å²) in [5, 5.41) is 23.4. The van der Waals surface area contributed by atoms with E-state index in [1.54, 1.807) is 42.6 Å². The molecule has 3 heterocycles. The van der Waals surface area contributed by atoms with Crippen LogP contribution in [0.3, 0.4) is 0 Å². The predicted octanol–water partition coefficient (Wildman–Crippen LogP) is 3.63. The van der Waals surface area contributed by atoms with Crippen LogP contribution in [0.4, 0.5) is 0 Å². The van der Waals surface area contributed by atoms with Crippen LogP contribution in [0.25, 0.3) is 0 Å². The third-order valence-electron chi connectivity index (χ3n) is 11.0. The van der Waals surface area contributed by atoms with Gasteiger partial charge >= 0.3 is 0 Å². The van der Waals surface area contributed by atoms with E-state index in [1.807, 2.05) is 88.4 Å². The molecule has 2 unspecified atom stereocenters. The maximum Gasteiger partial charge on any atom is 0.245 e. The largest absolute Gasteiger partial charge is 0.353 e. The zero-order valence-electron chi connectivity index (χ0n) is 37.0. The molecule has 2 saturated heterocycles. The molecule has 6 rings (SSSR count). The van der Waals surface area contributed by atoms with Crippen molar-refractivity contribution in [2.75, 3.05) is 13.1 Å². The van der Waals surface area contributed by atoms with Crippen LogP contribution in [0.15, 0.2) is 103 Å². The summed E-state index contributed by atoms with van der Waals surface area (Å²) in [6, 6.07) is 25.2. The quantitative estimate of drug-likeness (QED) is 0.0637. The molecule has 4 aromatic rings.